The summed E-state index contributed by atoms with van der Waals surface area (Å²) in [6, 6.07) is 12.8. The van der Waals surface area contributed by atoms with Crippen molar-refractivity contribution in [2.75, 3.05) is 6.54 Å². The van der Waals surface area contributed by atoms with Crippen molar-refractivity contribution in [3.63, 3.8) is 0 Å². The van der Waals surface area contributed by atoms with Crippen molar-refractivity contribution in [2.24, 2.45) is 0 Å². The average Bonchev–Trinajstić information content (AvgIpc) is 3.24. The first kappa shape index (κ1) is 18.8. The molecule has 3 aromatic rings. The van der Waals surface area contributed by atoms with Gasteiger partial charge in [0.2, 0.25) is 0 Å². The molecule has 1 fully saturated rings. The monoisotopic (exact) mass is 405 g/mol. The predicted molar refractivity (Wildman–Crippen MR) is 118 cm³/mol. The van der Waals surface area contributed by atoms with E-state index in [0.717, 1.165) is 49.4 Å². The van der Waals surface area contributed by atoms with Crippen LogP contribution in [0, 0.1) is 0 Å². The summed E-state index contributed by atoms with van der Waals surface area (Å²) in [5.41, 5.74) is 4.52. The number of nitrogens with zero attached hydrogens (tertiary/aromatic N) is 2. The Hall–Kier alpha value is -2.24. The Bertz CT molecular complexity index is 1030. The maximum atomic E-state index is 12.8. The lowest BCUT2D eigenvalue weighted by Gasteiger charge is -2.28. The van der Waals surface area contributed by atoms with Crippen LogP contribution in [0.15, 0.2) is 46.6 Å². The van der Waals surface area contributed by atoms with E-state index in [1.165, 1.54) is 35.3 Å². The number of H-pyrrole nitrogens is 1. The quantitative estimate of drug-likeness (QED) is 0.657. The molecule has 5 rings (SSSR count). The number of nitrogens with one attached hydrogen (secondary N) is 1. The first-order valence-corrected chi connectivity index (χ1v) is 11.6. The molecule has 4 nitrogen and oxygen atoms in total. The van der Waals surface area contributed by atoms with Gasteiger partial charge in [-0.15, -0.1) is 11.3 Å². The van der Waals surface area contributed by atoms with Gasteiger partial charge in [-0.05, 0) is 35.4 Å². The normalized spacial score (nSPS) is 17.9. The van der Waals surface area contributed by atoms with Crippen LogP contribution in [0.3, 0.4) is 0 Å². The van der Waals surface area contributed by atoms with Gasteiger partial charge < -0.3 is 4.98 Å². The van der Waals surface area contributed by atoms with Crippen LogP contribution in [0.4, 0.5) is 0 Å². The van der Waals surface area contributed by atoms with Gasteiger partial charge in [-0.25, -0.2) is 4.98 Å². The van der Waals surface area contributed by atoms with Crippen LogP contribution in [-0.4, -0.2) is 21.4 Å². The van der Waals surface area contributed by atoms with Crippen LogP contribution in [0.5, 0.6) is 0 Å². The summed E-state index contributed by atoms with van der Waals surface area (Å²) >= 11 is 1.80. The summed E-state index contributed by atoms with van der Waals surface area (Å²) in [6.07, 6.45) is 7.02. The smallest absolute Gasteiger partial charge is 0.255 e. The highest BCUT2D eigenvalue weighted by Crippen LogP contribution is 2.31. The first-order chi connectivity index (χ1) is 14.3. The molecule has 0 atom stereocenters. The van der Waals surface area contributed by atoms with Crippen molar-refractivity contribution in [1.29, 1.82) is 0 Å². The zero-order chi connectivity index (χ0) is 19.6. The number of thiophene rings is 1. The van der Waals surface area contributed by atoms with Gasteiger partial charge in [0, 0.05) is 36.9 Å². The molecular formula is C24H27N3OS. The average molecular weight is 406 g/mol. The Morgan fingerprint density at radius 2 is 1.93 bits per heavy atom. The summed E-state index contributed by atoms with van der Waals surface area (Å²) in [7, 11) is 0. The van der Waals surface area contributed by atoms with Crippen LogP contribution in [-0.2, 0) is 19.5 Å². The minimum Gasteiger partial charge on any atom is -0.310 e. The Balaban J connectivity index is 1.30. The molecule has 150 valence electrons. The van der Waals surface area contributed by atoms with Gasteiger partial charge in [0.15, 0.2) is 0 Å². The Morgan fingerprint density at radius 1 is 1.10 bits per heavy atom. The van der Waals surface area contributed by atoms with Crippen LogP contribution >= 0.6 is 11.3 Å². The highest BCUT2D eigenvalue weighted by Gasteiger charge is 2.24. The van der Waals surface area contributed by atoms with Gasteiger partial charge in [0.1, 0.15) is 5.82 Å². The molecule has 29 heavy (non-hydrogen) atoms. The van der Waals surface area contributed by atoms with E-state index < -0.39 is 0 Å². The number of hydrogen-bond acceptors (Lipinski definition) is 4. The van der Waals surface area contributed by atoms with E-state index >= 15 is 0 Å². The van der Waals surface area contributed by atoms with E-state index in [0.29, 0.717) is 12.5 Å². The van der Waals surface area contributed by atoms with Crippen LogP contribution < -0.4 is 5.56 Å². The molecule has 2 aromatic heterocycles. The minimum atomic E-state index is 0.0800. The van der Waals surface area contributed by atoms with Crippen molar-refractivity contribution in [3.8, 4) is 11.1 Å². The number of benzene rings is 1. The molecule has 3 heterocycles. The molecule has 0 radical (unpaired) electrons. The second kappa shape index (κ2) is 8.25. The van der Waals surface area contributed by atoms with Crippen LogP contribution in [0.2, 0.25) is 0 Å². The minimum absolute atomic E-state index is 0.0800. The van der Waals surface area contributed by atoms with E-state index in [2.05, 4.69) is 45.6 Å². The third-order valence-corrected chi connectivity index (χ3v) is 7.22. The van der Waals surface area contributed by atoms with Crippen molar-refractivity contribution in [3.05, 3.63) is 74.1 Å². The van der Waals surface area contributed by atoms with Gasteiger partial charge in [-0.2, -0.15) is 0 Å². The fourth-order valence-corrected chi connectivity index (χ4v) is 5.61. The second-order valence-electron chi connectivity index (χ2n) is 8.34. The van der Waals surface area contributed by atoms with Crippen molar-refractivity contribution in [2.45, 2.75) is 57.5 Å². The SMILES string of the molecule is O=c1[nH]c(C2CCCCC2)nc2c1CN(Cc1cc(-c3ccccc3)cs1)CC2. The van der Waals surface area contributed by atoms with Gasteiger partial charge in [-0.3, -0.25) is 9.69 Å². The van der Waals surface area contributed by atoms with Crippen LogP contribution in [0.25, 0.3) is 11.1 Å². The lowest BCUT2D eigenvalue weighted by Crippen LogP contribution is -2.36. The van der Waals surface area contributed by atoms with Crippen molar-refractivity contribution >= 4 is 11.3 Å². The molecule has 0 amide bonds. The highest BCUT2D eigenvalue weighted by atomic mass is 32.1. The maximum Gasteiger partial charge on any atom is 0.255 e. The van der Waals surface area contributed by atoms with Crippen molar-refractivity contribution in [1.82, 2.24) is 14.9 Å². The molecular weight excluding hydrogens is 378 g/mol. The number of fused-ring (bicyclic) bond motifs is 1. The first-order valence-electron chi connectivity index (χ1n) is 10.7. The predicted octanol–water partition coefficient (Wildman–Crippen LogP) is 5.10. The summed E-state index contributed by atoms with van der Waals surface area (Å²) in [5, 5.41) is 2.23. The molecule has 1 aromatic carbocycles. The zero-order valence-corrected chi connectivity index (χ0v) is 17.5. The largest absolute Gasteiger partial charge is 0.310 e. The Morgan fingerprint density at radius 3 is 2.76 bits per heavy atom. The fourth-order valence-electron chi connectivity index (χ4n) is 4.67. The van der Waals surface area contributed by atoms with Gasteiger partial charge in [0.25, 0.3) is 5.56 Å². The summed E-state index contributed by atoms with van der Waals surface area (Å²) in [4.78, 5) is 24.5. The summed E-state index contributed by atoms with van der Waals surface area (Å²) < 4.78 is 0. The highest BCUT2D eigenvalue weighted by molar-refractivity contribution is 7.10. The summed E-state index contributed by atoms with van der Waals surface area (Å²) in [6.45, 7) is 2.55. The van der Waals surface area contributed by atoms with E-state index in [9.17, 15) is 4.79 Å². The fraction of sp³-hybridized carbons (Fsp3) is 0.417. The Kier molecular flexibility index (Phi) is 5.34. The summed E-state index contributed by atoms with van der Waals surface area (Å²) in [5.74, 6) is 1.38. The third kappa shape index (κ3) is 4.07. The number of rotatable bonds is 4. The topological polar surface area (TPSA) is 49.0 Å². The molecule has 1 saturated carbocycles. The molecule has 2 aliphatic rings. The molecule has 1 N–H and O–H groups in total. The van der Waals surface area contributed by atoms with Gasteiger partial charge in [-0.1, -0.05) is 49.6 Å². The second-order valence-corrected chi connectivity index (χ2v) is 9.34. The Labute approximate surface area is 175 Å². The van der Waals surface area contributed by atoms with E-state index in [4.69, 9.17) is 4.98 Å². The third-order valence-electron chi connectivity index (χ3n) is 6.30. The molecule has 5 heteroatoms. The molecule has 0 bridgehead atoms. The standard InChI is InChI=1S/C24H27N3OS/c28-24-21-15-27(14-20-13-19(16-29-20)17-7-3-1-4-8-17)12-11-22(21)25-23(26-24)18-9-5-2-6-10-18/h1,3-4,7-8,13,16,18H,2,5-6,9-12,14-15H2,(H,25,26,28). The molecule has 0 spiro atoms. The number of hydrogen-bond donors (Lipinski definition) is 1. The number of aromatic amines is 1. The van der Waals surface area contributed by atoms with E-state index in [1.807, 2.05) is 6.07 Å². The maximum absolute atomic E-state index is 12.8. The van der Waals surface area contributed by atoms with Gasteiger partial charge in [0.05, 0.1) is 11.3 Å². The molecule has 1 aliphatic heterocycles. The van der Waals surface area contributed by atoms with Crippen LogP contribution in [0.1, 0.15) is 60.0 Å². The molecule has 1 aliphatic carbocycles. The number of aromatic nitrogens is 2. The lowest BCUT2D eigenvalue weighted by atomic mass is 9.88. The van der Waals surface area contributed by atoms with Gasteiger partial charge >= 0.3 is 0 Å². The van der Waals surface area contributed by atoms with E-state index in [1.54, 1.807) is 11.3 Å². The van der Waals surface area contributed by atoms with Crippen molar-refractivity contribution < 1.29 is 0 Å². The van der Waals surface area contributed by atoms with E-state index in [-0.39, 0.29) is 5.56 Å². The lowest BCUT2D eigenvalue weighted by molar-refractivity contribution is 0.243. The zero-order valence-electron chi connectivity index (χ0n) is 16.7. The molecule has 0 unspecified atom stereocenters. The molecule has 0 saturated heterocycles.